The van der Waals surface area contributed by atoms with Crippen molar-refractivity contribution in [2.75, 3.05) is 7.05 Å². The molecule has 1 N–H and O–H groups in total. The van der Waals surface area contributed by atoms with Gasteiger partial charge < -0.3 is 5.01 Å². The zero-order valence-corrected chi connectivity index (χ0v) is 6.99. The molecule has 1 aromatic rings. The third-order valence-electron chi connectivity index (χ3n) is 1.85. The maximum absolute atomic E-state index is 3.21. The van der Waals surface area contributed by atoms with Crippen molar-refractivity contribution in [3.8, 4) is 0 Å². The van der Waals surface area contributed by atoms with Crippen LogP contribution in [-0.4, -0.2) is 12.1 Å². The molecule has 0 atom stereocenters. The first-order valence-electron chi connectivity index (χ1n) is 3.96. The summed E-state index contributed by atoms with van der Waals surface area (Å²) in [6.07, 6.45) is 4.07. The van der Waals surface area contributed by atoms with E-state index in [0.29, 0.717) is 0 Å². The van der Waals surface area contributed by atoms with E-state index in [-0.39, 0.29) is 0 Å². The molecule has 1 aliphatic rings. The molecule has 0 amide bonds. The van der Waals surface area contributed by atoms with Crippen molar-refractivity contribution in [2.24, 2.45) is 0 Å². The van der Waals surface area contributed by atoms with Crippen LogP contribution in [0.15, 0.2) is 42.6 Å². The van der Waals surface area contributed by atoms with Crippen molar-refractivity contribution in [3.05, 3.63) is 54.2 Å². The molecule has 0 aromatic heterocycles. The molecule has 0 unspecified atom stereocenters. The summed E-state index contributed by atoms with van der Waals surface area (Å²) in [6.45, 7) is 0. The van der Waals surface area contributed by atoms with Gasteiger partial charge in [0.05, 0.1) is 0 Å². The SMILES string of the molecule is CN1C=C[C](c2ccccc2)N1. The molecule has 61 valence electrons. The van der Waals surface area contributed by atoms with Crippen LogP contribution in [0.5, 0.6) is 0 Å². The standard InChI is InChI=1S/C10H11N2/c1-12-8-7-10(11-12)9-5-3-2-4-6-9/h2-8,11H,1H3. The second-order valence-corrected chi connectivity index (χ2v) is 2.82. The van der Waals surface area contributed by atoms with Crippen molar-refractivity contribution in [1.82, 2.24) is 10.4 Å². The molecular formula is C10H11N2. The molecule has 1 aromatic carbocycles. The molecule has 2 nitrogen and oxygen atoms in total. The van der Waals surface area contributed by atoms with Gasteiger partial charge in [0, 0.05) is 13.2 Å². The summed E-state index contributed by atoms with van der Waals surface area (Å²) in [7, 11) is 1.98. The molecule has 2 rings (SSSR count). The van der Waals surface area contributed by atoms with Crippen LogP contribution in [0.1, 0.15) is 5.56 Å². The number of benzene rings is 1. The van der Waals surface area contributed by atoms with Crippen LogP contribution in [0.3, 0.4) is 0 Å². The maximum atomic E-state index is 3.21. The Morgan fingerprint density at radius 2 is 1.92 bits per heavy atom. The van der Waals surface area contributed by atoms with Crippen molar-refractivity contribution in [1.29, 1.82) is 0 Å². The van der Waals surface area contributed by atoms with E-state index < -0.39 is 0 Å². The summed E-state index contributed by atoms with van der Waals surface area (Å²) < 4.78 is 0. The van der Waals surface area contributed by atoms with Crippen LogP contribution in [-0.2, 0) is 0 Å². The van der Waals surface area contributed by atoms with Crippen molar-refractivity contribution >= 4 is 0 Å². The fraction of sp³-hybridized carbons (Fsp3) is 0.100. The third kappa shape index (κ3) is 1.34. The number of nitrogens with zero attached hydrogens (tertiary/aromatic N) is 1. The summed E-state index contributed by atoms with van der Waals surface area (Å²) in [5.74, 6) is 0. The number of hydrazine groups is 1. The van der Waals surface area contributed by atoms with E-state index in [1.165, 1.54) is 5.56 Å². The van der Waals surface area contributed by atoms with Crippen molar-refractivity contribution < 1.29 is 0 Å². The van der Waals surface area contributed by atoms with Gasteiger partial charge in [-0.05, 0) is 11.6 Å². The van der Waals surface area contributed by atoms with Crippen LogP contribution < -0.4 is 5.43 Å². The van der Waals surface area contributed by atoms with E-state index in [2.05, 4.69) is 23.6 Å². The second-order valence-electron chi connectivity index (χ2n) is 2.82. The van der Waals surface area contributed by atoms with Gasteiger partial charge in [0.25, 0.3) is 0 Å². The van der Waals surface area contributed by atoms with E-state index in [0.717, 1.165) is 6.04 Å². The first kappa shape index (κ1) is 7.37. The monoisotopic (exact) mass is 159 g/mol. The molecule has 0 aliphatic carbocycles. The number of hydrogen-bond donors (Lipinski definition) is 1. The molecule has 1 aliphatic heterocycles. The zero-order valence-electron chi connectivity index (χ0n) is 6.99. The van der Waals surface area contributed by atoms with Gasteiger partial charge in [-0.25, -0.2) is 5.43 Å². The lowest BCUT2D eigenvalue weighted by molar-refractivity contribution is 0.380. The van der Waals surface area contributed by atoms with Gasteiger partial charge in [0.1, 0.15) is 6.04 Å². The number of hydrogen-bond acceptors (Lipinski definition) is 2. The molecule has 12 heavy (non-hydrogen) atoms. The topological polar surface area (TPSA) is 15.3 Å². The number of nitrogens with one attached hydrogen (secondary N) is 1. The summed E-state index contributed by atoms with van der Waals surface area (Å²) in [5.41, 5.74) is 4.43. The van der Waals surface area contributed by atoms with E-state index >= 15 is 0 Å². The molecule has 0 saturated carbocycles. The minimum atomic E-state index is 1.15. The summed E-state index contributed by atoms with van der Waals surface area (Å²) in [5, 5.41) is 1.93. The van der Waals surface area contributed by atoms with E-state index in [1.807, 2.05) is 36.5 Å². The summed E-state index contributed by atoms with van der Waals surface area (Å²) >= 11 is 0. The van der Waals surface area contributed by atoms with Crippen LogP contribution in [0, 0.1) is 6.04 Å². The Hall–Kier alpha value is -1.28. The fourth-order valence-electron chi connectivity index (χ4n) is 1.23. The summed E-state index contributed by atoms with van der Waals surface area (Å²) in [4.78, 5) is 0. The third-order valence-corrected chi connectivity index (χ3v) is 1.85. The second kappa shape index (κ2) is 2.99. The molecule has 0 fully saturated rings. The highest BCUT2D eigenvalue weighted by molar-refractivity contribution is 5.37. The highest BCUT2D eigenvalue weighted by Gasteiger charge is 2.13. The maximum Gasteiger partial charge on any atom is 0.109 e. The Morgan fingerprint density at radius 3 is 2.50 bits per heavy atom. The minimum absolute atomic E-state index is 1.15. The van der Waals surface area contributed by atoms with Gasteiger partial charge in [-0.1, -0.05) is 30.3 Å². The quantitative estimate of drug-likeness (QED) is 0.668. The minimum Gasteiger partial charge on any atom is -0.318 e. The average Bonchev–Trinajstić information content (AvgIpc) is 2.54. The van der Waals surface area contributed by atoms with Gasteiger partial charge in [0.2, 0.25) is 0 Å². The Balaban J connectivity index is 2.18. The molecule has 2 heteroatoms. The van der Waals surface area contributed by atoms with Crippen LogP contribution in [0.25, 0.3) is 0 Å². The first-order valence-corrected chi connectivity index (χ1v) is 3.96. The van der Waals surface area contributed by atoms with E-state index in [1.54, 1.807) is 0 Å². The lowest BCUT2D eigenvalue weighted by atomic mass is 10.1. The molecule has 1 radical (unpaired) electrons. The lowest BCUT2D eigenvalue weighted by Crippen LogP contribution is -2.27. The van der Waals surface area contributed by atoms with Gasteiger partial charge in [-0.3, -0.25) is 0 Å². The molecule has 1 heterocycles. The first-order chi connectivity index (χ1) is 5.86. The molecule has 0 spiro atoms. The molecule has 0 bridgehead atoms. The zero-order chi connectivity index (χ0) is 8.39. The van der Waals surface area contributed by atoms with Crippen LogP contribution in [0.2, 0.25) is 0 Å². The average molecular weight is 159 g/mol. The predicted octanol–water partition coefficient (Wildman–Crippen LogP) is 1.53. The highest BCUT2D eigenvalue weighted by atomic mass is 15.5. The van der Waals surface area contributed by atoms with Crippen molar-refractivity contribution in [3.63, 3.8) is 0 Å². The van der Waals surface area contributed by atoms with Crippen LogP contribution in [0.4, 0.5) is 0 Å². The highest BCUT2D eigenvalue weighted by Crippen LogP contribution is 2.16. The largest absolute Gasteiger partial charge is 0.318 e. The summed E-state index contributed by atoms with van der Waals surface area (Å²) in [6, 6.07) is 11.4. The normalized spacial score (nSPS) is 17.2. The predicted molar refractivity (Wildman–Crippen MR) is 48.8 cm³/mol. The molecule has 0 saturated heterocycles. The number of rotatable bonds is 1. The van der Waals surface area contributed by atoms with Gasteiger partial charge >= 0.3 is 0 Å². The van der Waals surface area contributed by atoms with E-state index in [4.69, 9.17) is 0 Å². The smallest absolute Gasteiger partial charge is 0.109 e. The Bertz CT molecular complexity index is 279. The van der Waals surface area contributed by atoms with Gasteiger partial charge in [-0.15, -0.1) is 0 Å². The fourth-order valence-corrected chi connectivity index (χ4v) is 1.23. The Morgan fingerprint density at radius 1 is 1.17 bits per heavy atom. The molecular weight excluding hydrogens is 148 g/mol. The van der Waals surface area contributed by atoms with Crippen molar-refractivity contribution in [2.45, 2.75) is 0 Å². The van der Waals surface area contributed by atoms with Gasteiger partial charge in [0.15, 0.2) is 0 Å². The lowest BCUT2D eigenvalue weighted by Gasteiger charge is -2.13. The van der Waals surface area contributed by atoms with E-state index in [9.17, 15) is 0 Å². The van der Waals surface area contributed by atoms with Gasteiger partial charge in [-0.2, -0.15) is 0 Å². The van der Waals surface area contributed by atoms with Crippen LogP contribution >= 0.6 is 0 Å². The Labute approximate surface area is 72.5 Å². The Kier molecular flexibility index (Phi) is 1.84.